The van der Waals surface area contributed by atoms with Gasteiger partial charge in [-0.05, 0) is 31.0 Å². The van der Waals surface area contributed by atoms with Crippen LogP contribution >= 0.6 is 11.6 Å². The van der Waals surface area contributed by atoms with E-state index in [2.05, 4.69) is 15.4 Å². The molecule has 24 heavy (non-hydrogen) atoms. The fourth-order valence-corrected chi connectivity index (χ4v) is 2.92. The van der Waals surface area contributed by atoms with E-state index in [1.165, 1.54) is 6.33 Å². The molecule has 126 valence electrons. The van der Waals surface area contributed by atoms with E-state index in [4.69, 9.17) is 11.6 Å². The van der Waals surface area contributed by atoms with E-state index in [0.717, 1.165) is 5.69 Å². The Kier molecular flexibility index (Phi) is 5.10. The first kappa shape index (κ1) is 16.4. The van der Waals surface area contributed by atoms with Crippen molar-refractivity contribution in [1.29, 1.82) is 0 Å². The molecule has 1 aliphatic rings. The van der Waals surface area contributed by atoms with Crippen molar-refractivity contribution in [2.24, 2.45) is 0 Å². The van der Waals surface area contributed by atoms with Crippen LogP contribution in [0.5, 0.6) is 0 Å². The van der Waals surface area contributed by atoms with E-state index in [-0.39, 0.29) is 11.8 Å². The summed E-state index contributed by atoms with van der Waals surface area (Å²) in [5.74, 6) is -0.219. The monoisotopic (exact) mass is 347 g/mol. The number of carbonyl (C=O) groups is 2. The van der Waals surface area contributed by atoms with Crippen LogP contribution in [0.4, 0.5) is 5.69 Å². The highest BCUT2D eigenvalue weighted by atomic mass is 35.5. The van der Waals surface area contributed by atoms with Crippen LogP contribution in [0.25, 0.3) is 0 Å². The van der Waals surface area contributed by atoms with Crippen molar-refractivity contribution >= 4 is 29.1 Å². The standard InChI is InChI=1S/C16H18ClN5O2/c17-12-3-1-4-13(9-12)22-8-6-14(16(22)24)20-15(23)5-2-7-21-11-18-10-19-21/h1,3-4,9-11,14H,2,5-8H2,(H,20,23)/t14-/m0/s1. The van der Waals surface area contributed by atoms with Crippen LogP contribution in [0.15, 0.2) is 36.9 Å². The molecule has 0 bridgehead atoms. The van der Waals surface area contributed by atoms with Gasteiger partial charge in [0.05, 0.1) is 0 Å². The maximum absolute atomic E-state index is 12.5. The van der Waals surface area contributed by atoms with Crippen molar-refractivity contribution < 1.29 is 9.59 Å². The summed E-state index contributed by atoms with van der Waals surface area (Å²) in [6.07, 6.45) is 4.66. The molecule has 0 radical (unpaired) electrons. The molecule has 1 N–H and O–H groups in total. The number of aryl methyl sites for hydroxylation is 1. The SMILES string of the molecule is O=C(CCCn1cncn1)N[C@H]1CCN(c2cccc(Cl)c2)C1=O. The van der Waals surface area contributed by atoms with Crippen LogP contribution in [0, 0.1) is 0 Å². The average Bonchev–Trinajstić information content (AvgIpc) is 3.18. The lowest BCUT2D eigenvalue weighted by Gasteiger charge is -2.17. The highest BCUT2D eigenvalue weighted by Crippen LogP contribution is 2.24. The minimum atomic E-state index is -0.470. The van der Waals surface area contributed by atoms with Crippen LogP contribution in [0.2, 0.25) is 5.02 Å². The molecule has 1 saturated heterocycles. The van der Waals surface area contributed by atoms with Gasteiger partial charge in [-0.3, -0.25) is 14.3 Å². The molecule has 7 nitrogen and oxygen atoms in total. The number of anilines is 1. The molecule has 1 aromatic heterocycles. The normalized spacial score (nSPS) is 17.3. The van der Waals surface area contributed by atoms with Gasteiger partial charge in [-0.2, -0.15) is 5.10 Å². The highest BCUT2D eigenvalue weighted by molar-refractivity contribution is 6.31. The maximum atomic E-state index is 12.5. The summed E-state index contributed by atoms with van der Waals surface area (Å²) in [4.78, 5) is 30.0. The minimum Gasteiger partial charge on any atom is -0.344 e. The number of nitrogens with zero attached hydrogens (tertiary/aromatic N) is 4. The molecule has 0 unspecified atom stereocenters. The summed E-state index contributed by atoms with van der Waals surface area (Å²) in [5.41, 5.74) is 0.760. The zero-order chi connectivity index (χ0) is 16.9. The van der Waals surface area contributed by atoms with E-state index in [1.807, 2.05) is 6.07 Å². The smallest absolute Gasteiger partial charge is 0.249 e. The summed E-state index contributed by atoms with van der Waals surface area (Å²) in [6.45, 7) is 1.20. The molecule has 0 aliphatic carbocycles. The lowest BCUT2D eigenvalue weighted by molar-refractivity contribution is -0.126. The van der Waals surface area contributed by atoms with Crippen LogP contribution in [-0.2, 0) is 16.1 Å². The third-order valence-corrected chi connectivity index (χ3v) is 4.15. The van der Waals surface area contributed by atoms with E-state index >= 15 is 0 Å². The number of halogens is 1. The molecule has 0 saturated carbocycles. The van der Waals surface area contributed by atoms with Crippen molar-refractivity contribution in [2.45, 2.75) is 31.8 Å². The molecule has 3 rings (SSSR count). The molecule has 2 aromatic rings. The number of hydrogen-bond donors (Lipinski definition) is 1. The van der Waals surface area contributed by atoms with Crippen molar-refractivity contribution in [3.05, 3.63) is 41.9 Å². The van der Waals surface area contributed by atoms with Crippen molar-refractivity contribution in [2.75, 3.05) is 11.4 Å². The summed E-state index contributed by atoms with van der Waals surface area (Å²) in [5, 5.41) is 7.38. The summed E-state index contributed by atoms with van der Waals surface area (Å²) in [7, 11) is 0. The van der Waals surface area contributed by atoms with Gasteiger partial charge < -0.3 is 10.2 Å². The Balaban J connectivity index is 1.49. The van der Waals surface area contributed by atoms with Crippen LogP contribution in [0.3, 0.4) is 0 Å². The predicted octanol–water partition coefficient (Wildman–Crippen LogP) is 1.63. The Labute approximate surface area is 144 Å². The Morgan fingerprint density at radius 3 is 3.04 bits per heavy atom. The molecule has 8 heteroatoms. The Bertz CT molecular complexity index is 719. The second-order valence-corrected chi connectivity index (χ2v) is 6.08. The molecular weight excluding hydrogens is 330 g/mol. The molecular formula is C16H18ClN5O2. The lowest BCUT2D eigenvalue weighted by atomic mass is 10.2. The number of rotatable bonds is 6. The number of carbonyl (C=O) groups excluding carboxylic acids is 2. The van der Waals surface area contributed by atoms with Crippen LogP contribution < -0.4 is 10.2 Å². The van der Waals surface area contributed by atoms with Gasteiger partial charge in [0.2, 0.25) is 11.8 Å². The van der Waals surface area contributed by atoms with Gasteiger partial charge >= 0.3 is 0 Å². The van der Waals surface area contributed by atoms with Gasteiger partial charge in [-0.15, -0.1) is 0 Å². The van der Waals surface area contributed by atoms with Gasteiger partial charge in [-0.25, -0.2) is 4.98 Å². The Morgan fingerprint density at radius 2 is 2.29 bits per heavy atom. The number of amides is 2. The van der Waals surface area contributed by atoms with Crippen LogP contribution in [0.1, 0.15) is 19.3 Å². The van der Waals surface area contributed by atoms with Gasteiger partial charge in [0.1, 0.15) is 18.7 Å². The molecule has 2 heterocycles. The second kappa shape index (κ2) is 7.44. The molecule has 1 aliphatic heterocycles. The average molecular weight is 348 g/mol. The first-order valence-electron chi connectivity index (χ1n) is 7.82. The third-order valence-electron chi connectivity index (χ3n) is 3.92. The molecule has 0 spiro atoms. The second-order valence-electron chi connectivity index (χ2n) is 5.64. The number of hydrogen-bond acceptors (Lipinski definition) is 4. The lowest BCUT2D eigenvalue weighted by Crippen LogP contribution is -2.41. The van der Waals surface area contributed by atoms with E-state index in [0.29, 0.717) is 37.4 Å². The highest BCUT2D eigenvalue weighted by Gasteiger charge is 2.33. The summed E-state index contributed by atoms with van der Waals surface area (Å²) >= 11 is 5.97. The van der Waals surface area contributed by atoms with Crippen molar-refractivity contribution in [1.82, 2.24) is 20.1 Å². The van der Waals surface area contributed by atoms with Gasteiger partial charge in [0.25, 0.3) is 0 Å². The number of nitrogens with one attached hydrogen (secondary N) is 1. The minimum absolute atomic E-state index is 0.0955. The quantitative estimate of drug-likeness (QED) is 0.861. The number of benzene rings is 1. The van der Waals surface area contributed by atoms with Crippen LogP contribution in [-0.4, -0.2) is 39.2 Å². The van der Waals surface area contributed by atoms with Gasteiger partial charge in [-0.1, -0.05) is 17.7 Å². The summed E-state index contributed by atoms with van der Waals surface area (Å²) in [6, 6.07) is 6.69. The molecule has 2 amide bonds. The fourth-order valence-electron chi connectivity index (χ4n) is 2.73. The zero-order valence-corrected chi connectivity index (χ0v) is 13.8. The first-order chi connectivity index (χ1) is 11.6. The number of aromatic nitrogens is 3. The van der Waals surface area contributed by atoms with Crippen molar-refractivity contribution in [3.8, 4) is 0 Å². The predicted molar refractivity (Wildman–Crippen MR) is 89.6 cm³/mol. The maximum Gasteiger partial charge on any atom is 0.249 e. The molecule has 1 atom stereocenters. The summed E-state index contributed by atoms with van der Waals surface area (Å²) < 4.78 is 1.68. The largest absolute Gasteiger partial charge is 0.344 e. The molecule has 1 aromatic carbocycles. The third kappa shape index (κ3) is 3.91. The van der Waals surface area contributed by atoms with Crippen molar-refractivity contribution in [3.63, 3.8) is 0 Å². The van der Waals surface area contributed by atoms with E-state index < -0.39 is 6.04 Å². The van der Waals surface area contributed by atoms with E-state index in [1.54, 1.807) is 34.1 Å². The Hall–Kier alpha value is -2.41. The molecule has 1 fully saturated rings. The van der Waals surface area contributed by atoms with E-state index in [9.17, 15) is 9.59 Å². The Morgan fingerprint density at radius 1 is 1.42 bits per heavy atom. The zero-order valence-electron chi connectivity index (χ0n) is 13.1. The first-order valence-corrected chi connectivity index (χ1v) is 8.20. The van der Waals surface area contributed by atoms with Gasteiger partial charge in [0, 0.05) is 30.2 Å². The fraction of sp³-hybridized carbons (Fsp3) is 0.375. The topological polar surface area (TPSA) is 80.1 Å². The van der Waals surface area contributed by atoms with Gasteiger partial charge in [0.15, 0.2) is 0 Å².